The predicted molar refractivity (Wildman–Crippen MR) is 122 cm³/mol. The lowest BCUT2D eigenvalue weighted by molar-refractivity contribution is -0.121. The molecular weight excluding hydrogens is 451 g/mol. The zero-order valence-corrected chi connectivity index (χ0v) is 18.6. The smallest absolute Gasteiger partial charge is 0.220 e. The van der Waals surface area contributed by atoms with E-state index in [0.717, 1.165) is 12.5 Å². The van der Waals surface area contributed by atoms with E-state index in [1.807, 2.05) is 0 Å². The molecule has 0 heterocycles. The van der Waals surface area contributed by atoms with Crippen molar-refractivity contribution in [3.63, 3.8) is 0 Å². The molecule has 0 radical (unpaired) electrons. The molecule has 1 aromatic rings. The first kappa shape index (κ1) is 22.0. The zero-order chi connectivity index (χ0) is 18.2. The summed E-state index contributed by atoms with van der Waals surface area (Å²) < 4.78 is 0. The van der Waals surface area contributed by atoms with Gasteiger partial charge >= 0.3 is 0 Å². The highest BCUT2D eigenvalue weighted by molar-refractivity contribution is 14.0. The fourth-order valence-corrected chi connectivity index (χ4v) is 3.92. The van der Waals surface area contributed by atoms with Crippen molar-refractivity contribution in [3.8, 4) is 0 Å². The SMILES string of the molecule is CN=C(NCCNC(=O)CC1CCCC1)NCC1(c2ccccc2)CC1.I. The average Bonchev–Trinajstić information content (AvgIpc) is 3.30. The van der Waals surface area contributed by atoms with Gasteiger partial charge in [0.25, 0.3) is 0 Å². The van der Waals surface area contributed by atoms with Crippen LogP contribution in [0.2, 0.25) is 0 Å². The molecule has 0 atom stereocenters. The molecule has 2 aliphatic carbocycles. The minimum Gasteiger partial charge on any atom is -0.356 e. The van der Waals surface area contributed by atoms with Crippen molar-refractivity contribution in [2.24, 2.45) is 10.9 Å². The van der Waals surface area contributed by atoms with Crippen LogP contribution in [0.1, 0.15) is 50.5 Å². The molecular formula is C21H33IN4O. The molecule has 2 fully saturated rings. The maximum atomic E-state index is 12.0. The maximum absolute atomic E-state index is 12.0. The molecule has 27 heavy (non-hydrogen) atoms. The van der Waals surface area contributed by atoms with Crippen molar-refractivity contribution in [3.05, 3.63) is 35.9 Å². The second kappa shape index (κ2) is 10.9. The normalized spacial score (nSPS) is 18.5. The van der Waals surface area contributed by atoms with Gasteiger partial charge in [0.1, 0.15) is 0 Å². The van der Waals surface area contributed by atoms with Gasteiger partial charge in [-0.15, -0.1) is 24.0 Å². The first-order valence-electron chi connectivity index (χ1n) is 9.99. The monoisotopic (exact) mass is 484 g/mol. The lowest BCUT2D eigenvalue weighted by atomic mass is 9.96. The molecule has 6 heteroatoms. The van der Waals surface area contributed by atoms with Gasteiger partial charge in [0, 0.05) is 38.5 Å². The number of aliphatic imine (C=N–C) groups is 1. The summed E-state index contributed by atoms with van der Waals surface area (Å²) in [5.41, 5.74) is 1.66. The number of nitrogens with one attached hydrogen (secondary N) is 3. The Kier molecular flexibility index (Phi) is 8.86. The van der Waals surface area contributed by atoms with Gasteiger partial charge in [-0.1, -0.05) is 43.2 Å². The fourth-order valence-electron chi connectivity index (χ4n) is 3.92. The number of hydrogen-bond donors (Lipinski definition) is 3. The van der Waals surface area contributed by atoms with E-state index in [4.69, 9.17) is 0 Å². The Balaban J connectivity index is 0.00000261. The van der Waals surface area contributed by atoms with Crippen molar-refractivity contribution in [1.29, 1.82) is 0 Å². The van der Waals surface area contributed by atoms with Crippen LogP contribution in [0.5, 0.6) is 0 Å². The van der Waals surface area contributed by atoms with Gasteiger partial charge in [0.05, 0.1) is 0 Å². The minimum atomic E-state index is 0. The minimum absolute atomic E-state index is 0. The van der Waals surface area contributed by atoms with Crippen LogP contribution in [0, 0.1) is 5.92 Å². The molecule has 5 nitrogen and oxygen atoms in total. The van der Waals surface area contributed by atoms with Crippen molar-refractivity contribution in [2.75, 3.05) is 26.7 Å². The molecule has 150 valence electrons. The summed E-state index contributed by atoms with van der Waals surface area (Å²) in [6, 6.07) is 10.7. The lowest BCUT2D eigenvalue weighted by Gasteiger charge is -2.19. The summed E-state index contributed by atoms with van der Waals surface area (Å²) in [6.45, 7) is 2.22. The van der Waals surface area contributed by atoms with E-state index in [2.05, 4.69) is 51.3 Å². The van der Waals surface area contributed by atoms with Crippen molar-refractivity contribution in [1.82, 2.24) is 16.0 Å². The van der Waals surface area contributed by atoms with Crippen LogP contribution >= 0.6 is 24.0 Å². The number of guanidine groups is 1. The Morgan fingerprint density at radius 3 is 2.37 bits per heavy atom. The van der Waals surface area contributed by atoms with E-state index in [1.54, 1.807) is 7.05 Å². The van der Waals surface area contributed by atoms with E-state index in [1.165, 1.54) is 44.1 Å². The molecule has 0 unspecified atom stereocenters. The summed E-state index contributed by atoms with van der Waals surface area (Å²) in [5.74, 6) is 1.59. The number of halogens is 1. The molecule has 3 N–H and O–H groups in total. The Hall–Kier alpha value is -1.31. The predicted octanol–water partition coefficient (Wildman–Crippen LogP) is 3.20. The first-order chi connectivity index (χ1) is 12.7. The van der Waals surface area contributed by atoms with Crippen LogP contribution in [0.25, 0.3) is 0 Å². The van der Waals surface area contributed by atoms with Crippen LogP contribution in [0.3, 0.4) is 0 Å². The Bertz CT molecular complexity index is 610. The second-order valence-electron chi connectivity index (χ2n) is 7.70. The lowest BCUT2D eigenvalue weighted by Crippen LogP contribution is -2.44. The third kappa shape index (κ3) is 6.66. The molecule has 1 amide bonds. The molecule has 2 saturated carbocycles. The fraction of sp³-hybridized carbons (Fsp3) is 0.619. The molecule has 0 saturated heterocycles. The van der Waals surface area contributed by atoms with Gasteiger partial charge < -0.3 is 16.0 Å². The van der Waals surface area contributed by atoms with E-state index >= 15 is 0 Å². The topological polar surface area (TPSA) is 65.5 Å². The second-order valence-corrected chi connectivity index (χ2v) is 7.70. The third-order valence-corrected chi connectivity index (χ3v) is 5.75. The highest BCUT2D eigenvalue weighted by Crippen LogP contribution is 2.47. The summed E-state index contributed by atoms with van der Waals surface area (Å²) in [4.78, 5) is 16.2. The van der Waals surface area contributed by atoms with Crippen LogP contribution < -0.4 is 16.0 Å². The van der Waals surface area contributed by atoms with Gasteiger partial charge in [-0.05, 0) is 37.2 Å². The Morgan fingerprint density at radius 1 is 1.07 bits per heavy atom. The van der Waals surface area contributed by atoms with Gasteiger partial charge in [0.2, 0.25) is 5.91 Å². The van der Waals surface area contributed by atoms with Crippen LogP contribution in [-0.4, -0.2) is 38.5 Å². The summed E-state index contributed by atoms with van der Waals surface area (Å²) in [7, 11) is 1.79. The van der Waals surface area contributed by atoms with E-state index in [-0.39, 0.29) is 35.3 Å². The number of hydrogen-bond acceptors (Lipinski definition) is 2. The van der Waals surface area contributed by atoms with Gasteiger partial charge in [-0.25, -0.2) is 0 Å². The Labute approximate surface area is 180 Å². The van der Waals surface area contributed by atoms with Gasteiger partial charge in [0.15, 0.2) is 5.96 Å². The third-order valence-electron chi connectivity index (χ3n) is 5.75. The molecule has 3 rings (SSSR count). The molecule has 1 aromatic carbocycles. The average molecular weight is 484 g/mol. The van der Waals surface area contributed by atoms with Crippen molar-refractivity contribution < 1.29 is 4.79 Å². The van der Waals surface area contributed by atoms with Crippen LogP contribution in [0.4, 0.5) is 0 Å². The quantitative estimate of drug-likeness (QED) is 0.230. The van der Waals surface area contributed by atoms with Crippen LogP contribution in [-0.2, 0) is 10.2 Å². The maximum Gasteiger partial charge on any atom is 0.220 e. The van der Waals surface area contributed by atoms with Gasteiger partial charge in [-0.2, -0.15) is 0 Å². The van der Waals surface area contributed by atoms with Crippen LogP contribution in [0.15, 0.2) is 35.3 Å². The highest BCUT2D eigenvalue weighted by atomic mass is 127. The first-order valence-corrected chi connectivity index (χ1v) is 9.99. The standard InChI is InChI=1S/C21H32N4O.HI/c1-22-20(24-14-13-23-19(26)15-17-7-5-6-8-17)25-16-21(11-12-21)18-9-3-2-4-10-18;/h2-4,9-10,17H,5-8,11-16H2,1H3,(H,23,26)(H2,22,24,25);1H. The van der Waals surface area contributed by atoms with E-state index in [9.17, 15) is 4.79 Å². The number of carbonyl (C=O) groups excluding carboxylic acids is 1. The van der Waals surface area contributed by atoms with E-state index in [0.29, 0.717) is 25.4 Å². The Morgan fingerprint density at radius 2 is 1.74 bits per heavy atom. The number of benzene rings is 1. The zero-order valence-electron chi connectivity index (χ0n) is 16.3. The van der Waals surface area contributed by atoms with E-state index < -0.39 is 0 Å². The molecule has 0 aromatic heterocycles. The molecule has 0 spiro atoms. The highest BCUT2D eigenvalue weighted by Gasteiger charge is 2.43. The molecule has 2 aliphatic rings. The number of amides is 1. The summed E-state index contributed by atoms with van der Waals surface area (Å²) >= 11 is 0. The molecule has 0 bridgehead atoms. The number of nitrogens with zero attached hydrogens (tertiary/aromatic N) is 1. The van der Waals surface area contributed by atoms with Gasteiger partial charge in [-0.3, -0.25) is 9.79 Å². The van der Waals surface area contributed by atoms with Crippen molar-refractivity contribution >= 4 is 35.8 Å². The summed E-state index contributed by atoms with van der Waals surface area (Å²) in [6.07, 6.45) is 8.12. The number of rotatable bonds is 8. The largest absolute Gasteiger partial charge is 0.356 e. The molecule has 0 aliphatic heterocycles. The number of carbonyl (C=O) groups is 1. The van der Waals surface area contributed by atoms with Crippen molar-refractivity contribution in [2.45, 2.75) is 50.4 Å². The summed E-state index contributed by atoms with van der Waals surface area (Å²) in [5, 5.41) is 9.75.